The number of fused-ring (bicyclic) bond motifs is 1. The summed E-state index contributed by atoms with van der Waals surface area (Å²) in [6, 6.07) is 8.72. The summed E-state index contributed by atoms with van der Waals surface area (Å²) in [5.41, 5.74) is 3.01. The fraction of sp³-hybridized carbons (Fsp3) is 0.533. The molecule has 2 N–H and O–H groups in total. The minimum Gasteiger partial charge on any atom is -0.356 e. The van der Waals surface area contributed by atoms with Crippen molar-refractivity contribution >= 4 is 5.96 Å². The van der Waals surface area contributed by atoms with Crippen LogP contribution in [0.5, 0.6) is 0 Å². The van der Waals surface area contributed by atoms with E-state index in [1.165, 1.54) is 30.4 Å². The molecule has 1 aromatic carbocycles. The Labute approximate surface area is 109 Å². The molecule has 1 unspecified atom stereocenters. The Balaban J connectivity index is 1.46. The van der Waals surface area contributed by atoms with Gasteiger partial charge >= 0.3 is 0 Å². The van der Waals surface area contributed by atoms with Crippen molar-refractivity contribution in [2.24, 2.45) is 10.9 Å². The predicted octanol–water partition coefficient (Wildman–Crippen LogP) is 1.90. The third-order valence-corrected chi connectivity index (χ3v) is 3.96. The van der Waals surface area contributed by atoms with Crippen molar-refractivity contribution in [2.45, 2.75) is 25.2 Å². The monoisotopic (exact) mass is 243 g/mol. The first kappa shape index (κ1) is 11.6. The van der Waals surface area contributed by atoms with Crippen LogP contribution in [-0.2, 0) is 6.42 Å². The molecule has 18 heavy (non-hydrogen) atoms. The van der Waals surface area contributed by atoms with Crippen LogP contribution in [0.25, 0.3) is 0 Å². The Hall–Kier alpha value is -1.51. The topological polar surface area (TPSA) is 36.4 Å². The molecule has 3 heteroatoms. The molecule has 0 bridgehead atoms. The second-order valence-corrected chi connectivity index (χ2v) is 5.38. The van der Waals surface area contributed by atoms with Crippen molar-refractivity contribution in [1.82, 2.24) is 10.6 Å². The molecule has 1 aromatic rings. The maximum Gasteiger partial charge on any atom is 0.191 e. The molecule has 0 aromatic heterocycles. The highest BCUT2D eigenvalue weighted by Gasteiger charge is 2.25. The molecule has 2 aliphatic carbocycles. The summed E-state index contributed by atoms with van der Waals surface area (Å²) in [4.78, 5) is 4.27. The number of nitrogens with one attached hydrogen (secondary N) is 2. The number of nitrogens with zero attached hydrogens (tertiary/aromatic N) is 1. The average molecular weight is 243 g/mol. The third-order valence-electron chi connectivity index (χ3n) is 3.96. The van der Waals surface area contributed by atoms with Crippen molar-refractivity contribution in [2.75, 3.05) is 20.1 Å². The van der Waals surface area contributed by atoms with Crippen LogP contribution in [0.1, 0.15) is 29.9 Å². The van der Waals surface area contributed by atoms with Gasteiger partial charge in [-0.05, 0) is 36.3 Å². The summed E-state index contributed by atoms with van der Waals surface area (Å²) in [6.45, 7) is 2.06. The van der Waals surface area contributed by atoms with Gasteiger partial charge in [-0.2, -0.15) is 0 Å². The lowest BCUT2D eigenvalue weighted by Gasteiger charge is -2.30. The largest absolute Gasteiger partial charge is 0.356 e. The zero-order chi connectivity index (χ0) is 12.4. The first-order valence-corrected chi connectivity index (χ1v) is 6.89. The Bertz CT molecular complexity index is 449. The van der Waals surface area contributed by atoms with Crippen molar-refractivity contribution in [3.63, 3.8) is 0 Å². The van der Waals surface area contributed by atoms with Crippen LogP contribution in [0, 0.1) is 5.92 Å². The Morgan fingerprint density at radius 2 is 2.00 bits per heavy atom. The van der Waals surface area contributed by atoms with Gasteiger partial charge in [-0.1, -0.05) is 24.3 Å². The minimum atomic E-state index is 0.653. The van der Waals surface area contributed by atoms with Gasteiger partial charge in [0.15, 0.2) is 5.96 Å². The molecule has 2 aliphatic rings. The molecule has 0 amide bonds. The van der Waals surface area contributed by atoms with Crippen LogP contribution in [0.15, 0.2) is 29.3 Å². The van der Waals surface area contributed by atoms with Crippen LogP contribution >= 0.6 is 0 Å². The van der Waals surface area contributed by atoms with Gasteiger partial charge in [0.25, 0.3) is 0 Å². The highest BCUT2D eigenvalue weighted by molar-refractivity contribution is 5.79. The molecule has 96 valence electrons. The van der Waals surface area contributed by atoms with Crippen molar-refractivity contribution < 1.29 is 0 Å². The molecule has 0 spiro atoms. The van der Waals surface area contributed by atoms with E-state index >= 15 is 0 Å². The molecular formula is C15H21N3. The third kappa shape index (κ3) is 2.50. The zero-order valence-electron chi connectivity index (χ0n) is 10.9. The number of guanidine groups is 1. The average Bonchev–Trinajstić information content (AvgIpc) is 3.18. The smallest absolute Gasteiger partial charge is 0.191 e. The number of rotatable bonds is 4. The van der Waals surface area contributed by atoms with Crippen LogP contribution < -0.4 is 10.6 Å². The van der Waals surface area contributed by atoms with E-state index in [2.05, 4.69) is 39.9 Å². The summed E-state index contributed by atoms with van der Waals surface area (Å²) in [5, 5.41) is 6.83. The summed E-state index contributed by atoms with van der Waals surface area (Å²) < 4.78 is 0. The standard InChI is InChI=1S/C15H21N3/c1-16-15(17-9-11-6-7-11)18-10-13-8-12-4-2-3-5-14(12)13/h2-5,11,13H,6-10H2,1H3,(H2,16,17,18). The van der Waals surface area contributed by atoms with Crippen molar-refractivity contribution in [3.8, 4) is 0 Å². The minimum absolute atomic E-state index is 0.653. The Kier molecular flexibility index (Phi) is 3.22. The Morgan fingerprint density at radius 1 is 1.22 bits per heavy atom. The number of hydrogen-bond donors (Lipinski definition) is 2. The number of aliphatic imine (C=N–C) groups is 1. The molecule has 0 heterocycles. The molecule has 3 rings (SSSR count). The highest BCUT2D eigenvalue weighted by atomic mass is 15.2. The van der Waals surface area contributed by atoms with Gasteiger partial charge in [-0.3, -0.25) is 4.99 Å². The van der Waals surface area contributed by atoms with E-state index < -0.39 is 0 Å². The lowest BCUT2D eigenvalue weighted by Crippen LogP contribution is -2.41. The van der Waals surface area contributed by atoms with Gasteiger partial charge in [0.2, 0.25) is 0 Å². The van der Waals surface area contributed by atoms with Gasteiger partial charge in [0.05, 0.1) is 0 Å². The normalized spacial score (nSPS) is 22.1. The van der Waals surface area contributed by atoms with Crippen LogP contribution in [0.4, 0.5) is 0 Å². The summed E-state index contributed by atoms with van der Waals surface area (Å²) in [5.74, 6) is 2.49. The Morgan fingerprint density at radius 3 is 2.72 bits per heavy atom. The molecular weight excluding hydrogens is 222 g/mol. The molecule has 1 saturated carbocycles. The zero-order valence-corrected chi connectivity index (χ0v) is 10.9. The van der Waals surface area contributed by atoms with E-state index in [0.29, 0.717) is 5.92 Å². The first-order valence-electron chi connectivity index (χ1n) is 6.89. The lowest BCUT2D eigenvalue weighted by molar-refractivity contribution is 0.582. The van der Waals surface area contributed by atoms with E-state index in [1.54, 1.807) is 0 Å². The fourth-order valence-corrected chi connectivity index (χ4v) is 2.55. The van der Waals surface area contributed by atoms with Crippen molar-refractivity contribution in [3.05, 3.63) is 35.4 Å². The predicted molar refractivity (Wildman–Crippen MR) is 75.0 cm³/mol. The highest BCUT2D eigenvalue weighted by Crippen LogP contribution is 2.33. The molecule has 1 fully saturated rings. The molecule has 1 atom stereocenters. The van der Waals surface area contributed by atoms with Crippen LogP contribution in [0.3, 0.4) is 0 Å². The number of benzene rings is 1. The van der Waals surface area contributed by atoms with Crippen LogP contribution in [-0.4, -0.2) is 26.1 Å². The van der Waals surface area contributed by atoms with E-state index in [4.69, 9.17) is 0 Å². The van der Waals surface area contributed by atoms with E-state index in [9.17, 15) is 0 Å². The van der Waals surface area contributed by atoms with Gasteiger partial charge in [0.1, 0.15) is 0 Å². The molecule has 0 saturated heterocycles. The van der Waals surface area contributed by atoms with E-state index in [1.807, 2.05) is 7.05 Å². The van der Waals surface area contributed by atoms with Gasteiger partial charge in [0, 0.05) is 26.1 Å². The summed E-state index contributed by atoms with van der Waals surface area (Å²) in [7, 11) is 1.84. The summed E-state index contributed by atoms with van der Waals surface area (Å²) >= 11 is 0. The quantitative estimate of drug-likeness (QED) is 0.626. The SMILES string of the molecule is CN=C(NCC1CC1)NCC1Cc2ccccc21. The maximum atomic E-state index is 4.27. The first-order chi connectivity index (χ1) is 8.86. The second-order valence-electron chi connectivity index (χ2n) is 5.38. The van der Waals surface area contributed by atoms with Crippen molar-refractivity contribution in [1.29, 1.82) is 0 Å². The number of hydrogen-bond acceptors (Lipinski definition) is 1. The van der Waals surface area contributed by atoms with E-state index in [-0.39, 0.29) is 0 Å². The molecule has 3 nitrogen and oxygen atoms in total. The fourth-order valence-electron chi connectivity index (χ4n) is 2.55. The lowest BCUT2D eigenvalue weighted by atomic mass is 9.78. The second kappa shape index (κ2) is 5.01. The van der Waals surface area contributed by atoms with Gasteiger partial charge in [-0.25, -0.2) is 0 Å². The van der Waals surface area contributed by atoms with Gasteiger partial charge < -0.3 is 10.6 Å². The summed E-state index contributed by atoms with van der Waals surface area (Å²) in [6.07, 6.45) is 3.95. The molecule has 0 radical (unpaired) electrons. The van der Waals surface area contributed by atoms with Crippen LogP contribution in [0.2, 0.25) is 0 Å². The van der Waals surface area contributed by atoms with E-state index in [0.717, 1.165) is 25.0 Å². The maximum absolute atomic E-state index is 4.27. The van der Waals surface area contributed by atoms with Gasteiger partial charge in [-0.15, -0.1) is 0 Å². The molecule has 0 aliphatic heterocycles.